The maximum absolute atomic E-state index is 12.3. The topological polar surface area (TPSA) is 86.5 Å². The number of hydrogen-bond acceptors (Lipinski definition) is 6. The van der Waals surface area contributed by atoms with E-state index in [0.29, 0.717) is 23.1 Å². The molecule has 0 fully saturated rings. The van der Waals surface area contributed by atoms with E-state index in [1.165, 1.54) is 6.33 Å². The van der Waals surface area contributed by atoms with Gasteiger partial charge in [0.1, 0.15) is 11.5 Å². The Hall–Kier alpha value is -3.35. The van der Waals surface area contributed by atoms with Crippen LogP contribution in [0.1, 0.15) is 5.56 Å². The summed E-state index contributed by atoms with van der Waals surface area (Å²) in [6, 6.07) is 12.5. The van der Waals surface area contributed by atoms with E-state index in [1.807, 2.05) is 6.07 Å². The van der Waals surface area contributed by atoms with Crippen molar-refractivity contribution >= 4 is 11.6 Å². The number of aromatic nitrogens is 2. The largest absolute Gasteiger partial charge is 0.497 e. The van der Waals surface area contributed by atoms with Crippen LogP contribution in [0.4, 0.5) is 5.69 Å². The highest BCUT2D eigenvalue weighted by Crippen LogP contribution is 2.25. The second-order valence-electron chi connectivity index (χ2n) is 5.23. The lowest BCUT2D eigenvalue weighted by molar-refractivity contribution is -0.115. The van der Waals surface area contributed by atoms with Gasteiger partial charge in [-0.2, -0.15) is 4.98 Å². The van der Waals surface area contributed by atoms with Gasteiger partial charge in [0.25, 0.3) is 5.89 Å². The second kappa shape index (κ2) is 7.48. The number of ether oxygens (including phenoxy) is 2. The van der Waals surface area contributed by atoms with Crippen LogP contribution in [0, 0.1) is 0 Å². The Morgan fingerprint density at radius 2 is 1.92 bits per heavy atom. The number of methoxy groups -OCH3 is 2. The highest BCUT2D eigenvalue weighted by atomic mass is 16.5. The van der Waals surface area contributed by atoms with Gasteiger partial charge in [-0.3, -0.25) is 4.79 Å². The third kappa shape index (κ3) is 3.95. The zero-order valence-corrected chi connectivity index (χ0v) is 13.9. The minimum absolute atomic E-state index is 0.144. The van der Waals surface area contributed by atoms with Crippen molar-refractivity contribution in [1.82, 2.24) is 10.1 Å². The molecule has 0 bridgehead atoms. The maximum Gasteiger partial charge on any atom is 0.257 e. The molecule has 128 valence electrons. The monoisotopic (exact) mass is 339 g/mol. The Bertz CT molecular complexity index is 845. The summed E-state index contributed by atoms with van der Waals surface area (Å²) in [6.45, 7) is 0. The van der Waals surface area contributed by atoms with E-state index in [-0.39, 0.29) is 12.3 Å². The number of nitrogens with zero attached hydrogens (tertiary/aromatic N) is 2. The van der Waals surface area contributed by atoms with E-state index < -0.39 is 0 Å². The van der Waals surface area contributed by atoms with Crippen LogP contribution < -0.4 is 14.8 Å². The van der Waals surface area contributed by atoms with E-state index in [4.69, 9.17) is 14.0 Å². The molecule has 2 aromatic carbocycles. The van der Waals surface area contributed by atoms with Gasteiger partial charge in [0, 0.05) is 22.9 Å². The van der Waals surface area contributed by atoms with Crippen LogP contribution in [0.2, 0.25) is 0 Å². The summed E-state index contributed by atoms with van der Waals surface area (Å²) < 4.78 is 15.5. The van der Waals surface area contributed by atoms with Gasteiger partial charge in [-0.25, -0.2) is 0 Å². The Morgan fingerprint density at radius 3 is 2.56 bits per heavy atom. The summed E-state index contributed by atoms with van der Waals surface area (Å²) in [4.78, 5) is 16.3. The van der Waals surface area contributed by atoms with Crippen molar-refractivity contribution in [2.75, 3.05) is 19.5 Å². The molecule has 1 amide bonds. The number of benzene rings is 2. The lowest BCUT2D eigenvalue weighted by Crippen LogP contribution is -2.14. The molecule has 0 aliphatic heterocycles. The van der Waals surface area contributed by atoms with E-state index in [9.17, 15) is 4.79 Å². The molecule has 0 atom stereocenters. The Balaban J connectivity index is 1.66. The van der Waals surface area contributed by atoms with E-state index >= 15 is 0 Å². The molecule has 3 rings (SSSR count). The highest BCUT2D eigenvalue weighted by Gasteiger charge is 2.11. The molecule has 0 unspecified atom stereocenters. The molecule has 7 heteroatoms. The molecule has 0 saturated heterocycles. The minimum atomic E-state index is -0.144. The molecule has 1 N–H and O–H groups in total. The first-order valence-corrected chi connectivity index (χ1v) is 7.57. The molecule has 0 aliphatic carbocycles. The van der Waals surface area contributed by atoms with E-state index in [1.54, 1.807) is 50.6 Å². The number of carbonyl (C=O) groups excluding carboxylic acids is 1. The Kier molecular flexibility index (Phi) is 4.94. The third-order valence-electron chi connectivity index (χ3n) is 3.62. The van der Waals surface area contributed by atoms with Crippen molar-refractivity contribution in [3.8, 4) is 23.0 Å². The summed E-state index contributed by atoms with van der Waals surface area (Å²) in [5.41, 5.74) is 2.25. The standard InChI is InChI=1S/C18H17N3O4/c1-23-15-8-5-13(16(10-15)24-2)9-17(22)21-14-6-3-12(4-7-14)18-19-11-20-25-18/h3-8,10-11H,9H2,1-2H3,(H,21,22). The fourth-order valence-corrected chi connectivity index (χ4v) is 2.37. The lowest BCUT2D eigenvalue weighted by Gasteiger charge is -2.11. The molecule has 3 aromatic rings. The molecule has 0 aliphatic rings. The highest BCUT2D eigenvalue weighted by molar-refractivity contribution is 5.92. The number of anilines is 1. The van der Waals surface area contributed by atoms with Crippen LogP contribution in [0.3, 0.4) is 0 Å². The molecule has 25 heavy (non-hydrogen) atoms. The van der Waals surface area contributed by atoms with Crippen molar-refractivity contribution in [2.24, 2.45) is 0 Å². The summed E-state index contributed by atoms with van der Waals surface area (Å²) in [5, 5.41) is 6.42. The number of nitrogens with one attached hydrogen (secondary N) is 1. The fourth-order valence-electron chi connectivity index (χ4n) is 2.37. The normalized spacial score (nSPS) is 10.3. The minimum Gasteiger partial charge on any atom is -0.497 e. The third-order valence-corrected chi connectivity index (χ3v) is 3.62. The zero-order valence-electron chi connectivity index (χ0n) is 13.9. The van der Waals surface area contributed by atoms with Crippen molar-refractivity contribution in [3.05, 3.63) is 54.4 Å². The van der Waals surface area contributed by atoms with Gasteiger partial charge in [-0.05, 0) is 30.3 Å². The van der Waals surface area contributed by atoms with Gasteiger partial charge in [0.2, 0.25) is 5.91 Å². The smallest absolute Gasteiger partial charge is 0.257 e. The van der Waals surface area contributed by atoms with Crippen molar-refractivity contribution in [3.63, 3.8) is 0 Å². The van der Waals surface area contributed by atoms with Gasteiger partial charge >= 0.3 is 0 Å². The van der Waals surface area contributed by atoms with Gasteiger partial charge in [0.15, 0.2) is 6.33 Å². The van der Waals surface area contributed by atoms with Crippen LogP contribution >= 0.6 is 0 Å². The molecular weight excluding hydrogens is 322 g/mol. The first-order valence-electron chi connectivity index (χ1n) is 7.57. The van der Waals surface area contributed by atoms with Crippen LogP contribution in [-0.2, 0) is 11.2 Å². The molecule has 1 aromatic heterocycles. The van der Waals surface area contributed by atoms with Crippen LogP contribution in [0.25, 0.3) is 11.5 Å². The van der Waals surface area contributed by atoms with Crippen molar-refractivity contribution < 1.29 is 18.8 Å². The zero-order chi connectivity index (χ0) is 17.6. The first kappa shape index (κ1) is 16.5. The van der Waals surface area contributed by atoms with Crippen molar-refractivity contribution in [1.29, 1.82) is 0 Å². The Morgan fingerprint density at radius 1 is 1.12 bits per heavy atom. The summed E-state index contributed by atoms with van der Waals surface area (Å²) >= 11 is 0. The number of amides is 1. The van der Waals surface area contributed by atoms with E-state index in [2.05, 4.69) is 15.5 Å². The average Bonchev–Trinajstić information content (AvgIpc) is 3.17. The fraction of sp³-hybridized carbons (Fsp3) is 0.167. The quantitative estimate of drug-likeness (QED) is 0.743. The van der Waals surface area contributed by atoms with Crippen LogP contribution in [0.15, 0.2) is 53.3 Å². The molecule has 0 radical (unpaired) electrons. The summed E-state index contributed by atoms with van der Waals surface area (Å²) in [6.07, 6.45) is 1.53. The summed E-state index contributed by atoms with van der Waals surface area (Å²) in [7, 11) is 3.14. The van der Waals surface area contributed by atoms with Crippen LogP contribution in [-0.4, -0.2) is 30.3 Å². The number of hydrogen-bond donors (Lipinski definition) is 1. The maximum atomic E-state index is 12.3. The van der Waals surface area contributed by atoms with Gasteiger partial charge < -0.3 is 19.3 Å². The molecule has 1 heterocycles. The lowest BCUT2D eigenvalue weighted by atomic mass is 10.1. The second-order valence-corrected chi connectivity index (χ2v) is 5.23. The molecule has 0 spiro atoms. The van der Waals surface area contributed by atoms with Crippen LogP contribution in [0.5, 0.6) is 11.5 Å². The Labute approximate surface area is 144 Å². The molecular formula is C18H17N3O4. The predicted octanol–water partition coefficient (Wildman–Crippen LogP) is 2.94. The number of carbonyl (C=O) groups is 1. The molecule has 0 saturated carbocycles. The van der Waals surface area contributed by atoms with Gasteiger partial charge in [-0.1, -0.05) is 11.2 Å². The SMILES string of the molecule is COc1ccc(CC(=O)Nc2ccc(-c3ncno3)cc2)c(OC)c1. The van der Waals surface area contributed by atoms with Crippen molar-refractivity contribution in [2.45, 2.75) is 6.42 Å². The summed E-state index contributed by atoms with van der Waals surface area (Å²) in [5.74, 6) is 1.58. The predicted molar refractivity (Wildman–Crippen MR) is 91.6 cm³/mol. The van der Waals surface area contributed by atoms with E-state index in [0.717, 1.165) is 11.1 Å². The molecule has 7 nitrogen and oxygen atoms in total. The number of rotatable bonds is 6. The average molecular weight is 339 g/mol. The van der Waals surface area contributed by atoms with Gasteiger partial charge in [-0.15, -0.1) is 0 Å². The van der Waals surface area contributed by atoms with Gasteiger partial charge in [0.05, 0.1) is 20.6 Å². The first-order chi connectivity index (χ1) is 12.2.